The fourth-order valence-electron chi connectivity index (χ4n) is 1.85. The number of hydrogen-bond acceptors (Lipinski definition) is 3. The Bertz CT molecular complexity index is 527. The van der Waals surface area contributed by atoms with Gasteiger partial charge in [0.25, 0.3) is 0 Å². The molecule has 4 heteroatoms. The summed E-state index contributed by atoms with van der Waals surface area (Å²) in [5.41, 5.74) is 1.79. The molecule has 2 aromatic carbocycles. The minimum Gasteiger partial charge on any atom is -0.457 e. The van der Waals surface area contributed by atoms with Gasteiger partial charge in [-0.05, 0) is 41.4 Å². The van der Waals surface area contributed by atoms with Crippen LogP contribution in [0.25, 0.3) is 0 Å². The van der Waals surface area contributed by atoms with Crippen molar-refractivity contribution in [3.8, 4) is 11.5 Å². The van der Waals surface area contributed by atoms with Gasteiger partial charge in [0.05, 0.1) is 6.61 Å². The van der Waals surface area contributed by atoms with E-state index in [1.54, 1.807) is 12.1 Å². The van der Waals surface area contributed by atoms with Crippen LogP contribution in [-0.4, -0.2) is 12.1 Å². The van der Waals surface area contributed by atoms with E-state index in [1.165, 1.54) is 0 Å². The maximum Gasteiger partial charge on any atom is 0.491 e. The van der Waals surface area contributed by atoms with Crippen molar-refractivity contribution in [2.75, 3.05) is 0 Å². The molecule has 17 heavy (non-hydrogen) atoms. The molecule has 0 unspecified atom stereocenters. The lowest BCUT2D eigenvalue weighted by Gasteiger charge is -2.06. The van der Waals surface area contributed by atoms with Crippen LogP contribution in [0, 0.1) is 6.07 Å². The van der Waals surface area contributed by atoms with Gasteiger partial charge in [0.2, 0.25) is 0 Å². The second-order valence-electron chi connectivity index (χ2n) is 3.86. The van der Waals surface area contributed by atoms with Gasteiger partial charge in [0, 0.05) is 0 Å². The summed E-state index contributed by atoms with van der Waals surface area (Å²) < 4.78 is 10.8. The smallest absolute Gasteiger partial charge is 0.457 e. The highest BCUT2D eigenvalue weighted by Crippen LogP contribution is 2.23. The normalized spacial score (nSPS) is 13.6. The Labute approximate surface area is 99.8 Å². The molecule has 0 amide bonds. The average molecular weight is 225 g/mol. The van der Waals surface area contributed by atoms with Crippen molar-refractivity contribution in [2.24, 2.45) is 0 Å². The first-order valence-corrected chi connectivity index (χ1v) is 5.39. The zero-order valence-electron chi connectivity index (χ0n) is 9.09. The van der Waals surface area contributed by atoms with Crippen LogP contribution >= 0.6 is 0 Å². The van der Waals surface area contributed by atoms with Crippen LogP contribution in [-0.2, 0) is 11.3 Å². The summed E-state index contributed by atoms with van der Waals surface area (Å²) in [7, 11) is -0.801. The third-order valence-electron chi connectivity index (χ3n) is 2.70. The number of rotatable bonds is 2. The van der Waals surface area contributed by atoms with Crippen molar-refractivity contribution >= 4 is 12.6 Å². The third kappa shape index (κ3) is 2.05. The van der Waals surface area contributed by atoms with E-state index in [1.807, 2.05) is 30.3 Å². The van der Waals surface area contributed by atoms with E-state index < -0.39 is 7.12 Å². The van der Waals surface area contributed by atoms with Crippen molar-refractivity contribution in [1.29, 1.82) is 0 Å². The summed E-state index contributed by atoms with van der Waals surface area (Å²) in [5.74, 6) is 1.51. The van der Waals surface area contributed by atoms with Crippen molar-refractivity contribution in [2.45, 2.75) is 6.61 Å². The highest BCUT2D eigenvalue weighted by atomic mass is 16.5. The standard InChI is InChI=1S/C13H10BO3/c15-14-13-7-6-12(8-10(13)9-16-14)17-11-4-2-1-3-5-11/h2-8,15H,9H2. The molecule has 0 saturated heterocycles. The van der Waals surface area contributed by atoms with Crippen LogP contribution in [0.1, 0.15) is 5.56 Å². The molecule has 0 aromatic heterocycles. The molecule has 0 spiro atoms. The molecule has 2 aromatic rings. The van der Waals surface area contributed by atoms with Gasteiger partial charge in [0.15, 0.2) is 0 Å². The maximum absolute atomic E-state index is 9.49. The Balaban J connectivity index is 1.86. The fourth-order valence-corrected chi connectivity index (χ4v) is 1.85. The Morgan fingerprint density at radius 2 is 2.00 bits per heavy atom. The molecule has 1 aliphatic heterocycles. The summed E-state index contributed by atoms with van der Waals surface area (Å²) in [5, 5.41) is 9.49. The zero-order chi connectivity index (χ0) is 11.7. The van der Waals surface area contributed by atoms with E-state index in [0.29, 0.717) is 6.61 Å². The van der Waals surface area contributed by atoms with Gasteiger partial charge in [-0.2, -0.15) is 0 Å². The van der Waals surface area contributed by atoms with E-state index >= 15 is 0 Å². The molecule has 3 nitrogen and oxygen atoms in total. The number of ether oxygens (including phenoxy) is 1. The van der Waals surface area contributed by atoms with E-state index in [-0.39, 0.29) is 0 Å². The quantitative estimate of drug-likeness (QED) is 0.787. The Hall–Kier alpha value is -1.78. The van der Waals surface area contributed by atoms with Crippen molar-refractivity contribution < 1.29 is 14.4 Å². The van der Waals surface area contributed by atoms with Crippen LogP contribution in [0.3, 0.4) is 0 Å². The fraction of sp³-hybridized carbons (Fsp3) is 0.0769. The van der Waals surface area contributed by atoms with Gasteiger partial charge in [-0.25, -0.2) is 0 Å². The molecule has 0 aliphatic carbocycles. The number of fused-ring (bicyclic) bond motifs is 1. The van der Waals surface area contributed by atoms with Gasteiger partial charge in [-0.3, -0.25) is 0 Å². The van der Waals surface area contributed by atoms with E-state index in [2.05, 4.69) is 6.07 Å². The summed E-state index contributed by atoms with van der Waals surface area (Å²) in [6.07, 6.45) is 0. The number of hydrogen-bond donors (Lipinski definition) is 1. The molecule has 83 valence electrons. The molecular weight excluding hydrogens is 215 g/mol. The lowest BCUT2D eigenvalue weighted by atomic mass is 9.80. The van der Waals surface area contributed by atoms with Gasteiger partial charge >= 0.3 is 7.12 Å². The summed E-state index contributed by atoms with van der Waals surface area (Å²) in [6.45, 7) is 0.427. The maximum atomic E-state index is 9.49. The van der Waals surface area contributed by atoms with E-state index in [9.17, 15) is 5.02 Å². The lowest BCUT2D eigenvalue weighted by molar-refractivity contribution is 0.275. The van der Waals surface area contributed by atoms with Gasteiger partial charge in [-0.15, -0.1) is 0 Å². The first-order chi connectivity index (χ1) is 8.33. The lowest BCUT2D eigenvalue weighted by Crippen LogP contribution is -2.27. The SMILES string of the molecule is OB1OCc2cc(Oc3cc[c]cc3)ccc21. The first kappa shape index (κ1) is 10.4. The molecule has 0 bridgehead atoms. The zero-order valence-corrected chi connectivity index (χ0v) is 9.09. The van der Waals surface area contributed by atoms with Crippen LogP contribution in [0.15, 0.2) is 42.5 Å². The first-order valence-electron chi connectivity index (χ1n) is 5.39. The molecule has 0 atom stereocenters. The summed E-state index contributed by atoms with van der Waals surface area (Å²) >= 11 is 0. The van der Waals surface area contributed by atoms with Crippen LogP contribution in [0.2, 0.25) is 0 Å². The molecule has 3 rings (SSSR count). The van der Waals surface area contributed by atoms with E-state index in [4.69, 9.17) is 9.39 Å². The van der Waals surface area contributed by atoms with Crippen LogP contribution in [0.5, 0.6) is 11.5 Å². The second kappa shape index (κ2) is 4.24. The number of benzene rings is 2. The Morgan fingerprint density at radius 1 is 1.18 bits per heavy atom. The molecule has 1 N–H and O–H groups in total. The highest BCUT2D eigenvalue weighted by Gasteiger charge is 2.27. The average Bonchev–Trinajstić information content (AvgIpc) is 2.72. The summed E-state index contributed by atoms with van der Waals surface area (Å²) in [4.78, 5) is 0. The van der Waals surface area contributed by atoms with Crippen molar-refractivity contribution in [3.05, 3.63) is 54.1 Å². The van der Waals surface area contributed by atoms with Crippen molar-refractivity contribution in [1.82, 2.24) is 0 Å². The summed E-state index contributed by atoms with van der Waals surface area (Å²) in [6, 6.07) is 15.8. The predicted octanol–water partition coefficient (Wildman–Crippen LogP) is 1.50. The Morgan fingerprint density at radius 3 is 2.82 bits per heavy atom. The molecule has 0 fully saturated rings. The minimum atomic E-state index is -0.801. The van der Waals surface area contributed by atoms with Crippen LogP contribution < -0.4 is 10.2 Å². The third-order valence-corrected chi connectivity index (χ3v) is 2.70. The molecule has 1 radical (unpaired) electrons. The monoisotopic (exact) mass is 225 g/mol. The van der Waals surface area contributed by atoms with Gasteiger partial charge in [-0.1, -0.05) is 18.2 Å². The van der Waals surface area contributed by atoms with Gasteiger partial charge in [0.1, 0.15) is 11.5 Å². The molecule has 0 saturated carbocycles. The van der Waals surface area contributed by atoms with Crippen molar-refractivity contribution in [3.63, 3.8) is 0 Å². The molecule has 1 aliphatic rings. The largest absolute Gasteiger partial charge is 0.491 e. The minimum absolute atomic E-state index is 0.427. The van der Waals surface area contributed by atoms with E-state index in [0.717, 1.165) is 22.5 Å². The second-order valence-corrected chi connectivity index (χ2v) is 3.86. The Kier molecular flexibility index (Phi) is 2.59. The van der Waals surface area contributed by atoms with Crippen LogP contribution in [0.4, 0.5) is 0 Å². The molecular formula is C13H10BO3. The predicted molar refractivity (Wildman–Crippen MR) is 64.2 cm³/mol. The molecule has 1 heterocycles. The topological polar surface area (TPSA) is 38.7 Å². The highest BCUT2D eigenvalue weighted by molar-refractivity contribution is 6.61. The van der Waals surface area contributed by atoms with Gasteiger partial charge < -0.3 is 14.4 Å².